The zero-order valence-electron chi connectivity index (χ0n) is 11.9. The number of aliphatic hydroxyl groups is 1. The highest BCUT2D eigenvalue weighted by Crippen LogP contribution is 2.10. The normalized spacial score (nSPS) is 12.7. The highest BCUT2D eigenvalue weighted by Gasteiger charge is 2.08. The molecule has 1 aromatic heterocycles. The average Bonchev–Trinajstić information content (AvgIpc) is 2.32. The van der Waals surface area contributed by atoms with E-state index in [2.05, 4.69) is 29.1 Å². The number of aliphatic hydroxyl groups excluding tert-OH is 1. The highest BCUT2D eigenvalue weighted by molar-refractivity contribution is 5.44. The molecule has 0 aliphatic carbocycles. The first-order valence-corrected chi connectivity index (χ1v) is 6.64. The number of ether oxygens (including phenoxy) is 1. The van der Waals surface area contributed by atoms with Gasteiger partial charge in [-0.05, 0) is 19.3 Å². The van der Waals surface area contributed by atoms with Gasteiger partial charge in [0.05, 0.1) is 6.10 Å². The predicted octanol–water partition coefficient (Wildman–Crippen LogP) is 1.41. The van der Waals surface area contributed by atoms with Crippen molar-refractivity contribution >= 4 is 11.6 Å². The monoisotopic (exact) mass is 268 g/mol. The second kappa shape index (κ2) is 7.91. The van der Waals surface area contributed by atoms with Crippen LogP contribution in [0.15, 0.2) is 6.07 Å². The van der Waals surface area contributed by atoms with Crippen LogP contribution in [0.5, 0.6) is 0 Å². The summed E-state index contributed by atoms with van der Waals surface area (Å²) in [4.78, 5) is 8.37. The van der Waals surface area contributed by atoms with Gasteiger partial charge in [-0.25, -0.2) is 9.97 Å². The van der Waals surface area contributed by atoms with Crippen molar-refractivity contribution in [1.82, 2.24) is 9.97 Å². The van der Waals surface area contributed by atoms with Gasteiger partial charge < -0.3 is 20.9 Å². The molecule has 0 aromatic carbocycles. The highest BCUT2D eigenvalue weighted by atomic mass is 16.5. The fourth-order valence-electron chi connectivity index (χ4n) is 1.72. The zero-order chi connectivity index (χ0) is 14.3. The predicted molar refractivity (Wildman–Crippen MR) is 75.7 cm³/mol. The number of nitrogens with one attached hydrogen (secondary N) is 1. The first kappa shape index (κ1) is 15.7. The molecule has 0 amide bonds. The SMILES string of the molecule is CCOCc1nc(N)cc(NCC(O)CC(C)C)n1. The Bertz CT molecular complexity index is 385. The van der Waals surface area contributed by atoms with Crippen molar-refractivity contribution in [2.24, 2.45) is 5.92 Å². The Hall–Kier alpha value is -1.40. The van der Waals surface area contributed by atoms with Gasteiger partial charge in [0, 0.05) is 19.2 Å². The summed E-state index contributed by atoms with van der Waals surface area (Å²) in [5.74, 6) is 2.01. The summed E-state index contributed by atoms with van der Waals surface area (Å²) in [6.45, 7) is 7.45. The molecule has 0 fully saturated rings. The van der Waals surface area contributed by atoms with Gasteiger partial charge in [-0.1, -0.05) is 13.8 Å². The summed E-state index contributed by atoms with van der Waals surface area (Å²) in [6.07, 6.45) is 0.353. The smallest absolute Gasteiger partial charge is 0.158 e. The van der Waals surface area contributed by atoms with Gasteiger partial charge in [0.2, 0.25) is 0 Å². The van der Waals surface area contributed by atoms with Gasteiger partial charge in [0.15, 0.2) is 5.82 Å². The number of anilines is 2. The molecule has 4 N–H and O–H groups in total. The Labute approximate surface area is 114 Å². The Morgan fingerprint density at radius 1 is 1.42 bits per heavy atom. The van der Waals surface area contributed by atoms with E-state index < -0.39 is 6.10 Å². The van der Waals surface area contributed by atoms with Crippen LogP contribution in [0.25, 0.3) is 0 Å². The van der Waals surface area contributed by atoms with Crippen LogP contribution in [0.1, 0.15) is 33.0 Å². The molecule has 0 aliphatic heterocycles. The van der Waals surface area contributed by atoms with E-state index in [4.69, 9.17) is 10.5 Å². The van der Waals surface area contributed by atoms with E-state index in [-0.39, 0.29) is 0 Å². The van der Waals surface area contributed by atoms with Crippen molar-refractivity contribution in [3.63, 3.8) is 0 Å². The zero-order valence-corrected chi connectivity index (χ0v) is 11.9. The molecule has 1 unspecified atom stereocenters. The Morgan fingerprint density at radius 3 is 2.79 bits per heavy atom. The Balaban J connectivity index is 2.55. The second-order valence-electron chi connectivity index (χ2n) is 4.90. The van der Waals surface area contributed by atoms with Crippen molar-refractivity contribution in [2.45, 2.75) is 39.9 Å². The number of nitrogens with two attached hydrogens (primary N) is 1. The summed E-state index contributed by atoms with van der Waals surface area (Å²) in [7, 11) is 0. The summed E-state index contributed by atoms with van der Waals surface area (Å²) >= 11 is 0. The molecule has 6 nitrogen and oxygen atoms in total. The summed E-state index contributed by atoms with van der Waals surface area (Å²) in [5.41, 5.74) is 5.71. The molecular weight excluding hydrogens is 244 g/mol. The number of nitrogen functional groups attached to an aromatic ring is 1. The van der Waals surface area contributed by atoms with Gasteiger partial charge in [-0.2, -0.15) is 0 Å². The van der Waals surface area contributed by atoms with Gasteiger partial charge >= 0.3 is 0 Å². The molecule has 1 aromatic rings. The van der Waals surface area contributed by atoms with E-state index in [1.54, 1.807) is 6.07 Å². The molecule has 0 saturated heterocycles. The summed E-state index contributed by atoms with van der Waals surface area (Å²) in [5, 5.41) is 12.9. The fourth-order valence-corrected chi connectivity index (χ4v) is 1.72. The van der Waals surface area contributed by atoms with E-state index in [9.17, 15) is 5.11 Å². The number of hydrogen-bond acceptors (Lipinski definition) is 6. The van der Waals surface area contributed by atoms with Gasteiger partial charge in [-0.15, -0.1) is 0 Å². The minimum atomic E-state index is -0.397. The first-order valence-electron chi connectivity index (χ1n) is 6.64. The minimum Gasteiger partial charge on any atom is -0.391 e. The van der Waals surface area contributed by atoms with Crippen LogP contribution < -0.4 is 11.1 Å². The van der Waals surface area contributed by atoms with Crippen LogP contribution in [0.4, 0.5) is 11.6 Å². The number of hydrogen-bond donors (Lipinski definition) is 3. The maximum Gasteiger partial charge on any atom is 0.158 e. The summed E-state index contributed by atoms with van der Waals surface area (Å²) < 4.78 is 5.25. The molecule has 0 bridgehead atoms. The Morgan fingerprint density at radius 2 is 2.16 bits per heavy atom. The van der Waals surface area contributed by atoms with Crippen molar-refractivity contribution in [1.29, 1.82) is 0 Å². The molecule has 6 heteroatoms. The van der Waals surface area contributed by atoms with Crippen LogP contribution in [0, 0.1) is 5.92 Å². The molecule has 1 heterocycles. The maximum absolute atomic E-state index is 9.80. The fraction of sp³-hybridized carbons (Fsp3) is 0.692. The lowest BCUT2D eigenvalue weighted by Gasteiger charge is -2.14. The van der Waals surface area contributed by atoms with E-state index in [0.717, 1.165) is 6.42 Å². The number of aromatic nitrogens is 2. The molecule has 0 aliphatic rings. The lowest BCUT2D eigenvalue weighted by atomic mass is 10.1. The third kappa shape index (κ3) is 6.35. The maximum atomic E-state index is 9.80. The van der Waals surface area contributed by atoms with Crippen LogP contribution in [-0.2, 0) is 11.3 Å². The second-order valence-corrected chi connectivity index (χ2v) is 4.90. The molecule has 0 saturated carbocycles. The first-order chi connectivity index (χ1) is 9.01. The van der Waals surface area contributed by atoms with Crippen molar-refractivity contribution in [2.75, 3.05) is 24.2 Å². The number of rotatable bonds is 8. The molecule has 1 atom stereocenters. The molecule has 19 heavy (non-hydrogen) atoms. The largest absolute Gasteiger partial charge is 0.391 e. The average molecular weight is 268 g/mol. The van der Waals surface area contributed by atoms with E-state index in [1.807, 2.05) is 6.92 Å². The van der Waals surface area contributed by atoms with Gasteiger partial charge in [0.1, 0.15) is 18.2 Å². The lowest BCUT2D eigenvalue weighted by molar-refractivity contribution is 0.128. The van der Waals surface area contributed by atoms with E-state index in [1.165, 1.54) is 0 Å². The van der Waals surface area contributed by atoms with Gasteiger partial charge in [0.25, 0.3) is 0 Å². The summed E-state index contributed by atoms with van der Waals surface area (Å²) in [6, 6.07) is 1.65. The third-order valence-electron chi connectivity index (χ3n) is 2.49. The molecule has 108 valence electrons. The molecular formula is C13H24N4O2. The Kier molecular flexibility index (Phi) is 6.52. The topological polar surface area (TPSA) is 93.3 Å². The third-order valence-corrected chi connectivity index (χ3v) is 2.49. The van der Waals surface area contributed by atoms with Crippen molar-refractivity contribution < 1.29 is 9.84 Å². The van der Waals surface area contributed by atoms with Crippen LogP contribution in [0.2, 0.25) is 0 Å². The minimum absolute atomic E-state index is 0.338. The standard InChI is InChI=1S/C13H24N4O2/c1-4-19-8-13-16-11(14)6-12(17-13)15-7-10(18)5-9(2)3/h6,9-10,18H,4-5,7-8H2,1-3H3,(H3,14,15,16,17). The van der Waals surface area contributed by atoms with Crippen LogP contribution in [-0.4, -0.2) is 34.3 Å². The van der Waals surface area contributed by atoms with E-state index in [0.29, 0.717) is 43.1 Å². The molecule has 1 rings (SSSR count). The molecule has 0 radical (unpaired) electrons. The van der Waals surface area contributed by atoms with E-state index >= 15 is 0 Å². The number of nitrogens with zero attached hydrogens (tertiary/aromatic N) is 2. The van der Waals surface area contributed by atoms with Crippen molar-refractivity contribution in [3.8, 4) is 0 Å². The lowest BCUT2D eigenvalue weighted by Crippen LogP contribution is -2.22. The quantitative estimate of drug-likeness (QED) is 0.660. The van der Waals surface area contributed by atoms with Gasteiger partial charge in [-0.3, -0.25) is 0 Å². The van der Waals surface area contributed by atoms with Crippen LogP contribution in [0.3, 0.4) is 0 Å². The molecule has 0 spiro atoms. The van der Waals surface area contributed by atoms with Crippen molar-refractivity contribution in [3.05, 3.63) is 11.9 Å². The van der Waals surface area contributed by atoms with Crippen LogP contribution >= 0.6 is 0 Å².